The Hall–Kier alpha value is -1.15. The van der Waals surface area contributed by atoms with E-state index >= 15 is 0 Å². The Labute approximate surface area is 151 Å². The molecule has 0 saturated heterocycles. The van der Waals surface area contributed by atoms with Gasteiger partial charge in [0.05, 0.1) is 4.90 Å². The fourth-order valence-corrected chi connectivity index (χ4v) is 2.74. The van der Waals surface area contributed by atoms with Crippen molar-refractivity contribution in [3.8, 4) is 0 Å². The summed E-state index contributed by atoms with van der Waals surface area (Å²) in [6.45, 7) is 3.71. The Morgan fingerprint density at radius 1 is 1.12 bits per heavy atom. The van der Waals surface area contributed by atoms with E-state index in [9.17, 15) is 8.42 Å². The molecule has 0 spiro atoms. The maximum Gasteiger partial charge on any atom is 0.294 e. The molecule has 0 fully saturated rings. The highest BCUT2D eigenvalue weighted by Crippen LogP contribution is 2.21. The van der Waals surface area contributed by atoms with Crippen LogP contribution in [0.25, 0.3) is 0 Å². The number of nitrogens with one attached hydrogen (secondary N) is 1. The normalized spacial score (nSPS) is 12.2. The lowest BCUT2D eigenvalue weighted by Gasteiger charge is -2.10. The first kappa shape index (κ1) is 20.9. The van der Waals surface area contributed by atoms with E-state index in [2.05, 4.69) is 5.48 Å². The quantitative estimate of drug-likeness (QED) is 0.538. The SMILES string of the molecule is C[C@@H](Cc1ccc(Cl)cc1Cl)NO.Cc1ccc(S(=O)(=O)O)cc1. The topological polar surface area (TPSA) is 86.6 Å². The van der Waals surface area contributed by atoms with Crippen molar-refractivity contribution in [1.82, 2.24) is 5.48 Å². The molecular formula is C16H19Cl2NO4S. The molecule has 0 aliphatic rings. The summed E-state index contributed by atoms with van der Waals surface area (Å²) >= 11 is 11.7. The molecule has 0 radical (unpaired) electrons. The van der Waals surface area contributed by atoms with Crippen LogP contribution in [0.5, 0.6) is 0 Å². The van der Waals surface area contributed by atoms with Gasteiger partial charge in [-0.3, -0.25) is 4.55 Å². The minimum atomic E-state index is -4.02. The highest BCUT2D eigenvalue weighted by Gasteiger charge is 2.07. The number of aryl methyl sites for hydroxylation is 1. The highest BCUT2D eigenvalue weighted by molar-refractivity contribution is 7.85. The van der Waals surface area contributed by atoms with Crippen LogP contribution in [-0.2, 0) is 16.5 Å². The average molecular weight is 392 g/mol. The van der Waals surface area contributed by atoms with Crippen LogP contribution < -0.4 is 5.48 Å². The molecule has 0 amide bonds. The summed E-state index contributed by atoms with van der Waals surface area (Å²) in [5.41, 5.74) is 4.09. The molecule has 0 heterocycles. The van der Waals surface area contributed by atoms with Crippen LogP contribution in [0.3, 0.4) is 0 Å². The summed E-state index contributed by atoms with van der Waals surface area (Å²) < 4.78 is 29.6. The second-order valence-electron chi connectivity index (χ2n) is 5.26. The van der Waals surface area contributed by atoms with E-state index < -0.39 is 10.1 Å². The predicted octanol–water partition coefficient (Wildman–Crippen LogP) is 4.14. The molecular weight excluding hydrogens is 373 g/mol. The molecule has 3 N–H and O–H groups in total. The molecule has 2 aromatic rings. The summed E-state index contributed by atoms with van der Waals surface area (Å²) in [4.78, 5) is -0.0666. The zero-order chi connectivity index (χ0) is 18.3. The third kappa shape index (κ3) is 7.17. The maximum absolute atomic E-state index is 10.5. The average Bonchev–Trinajstić information content (AvgIpc) is 2.50. The summed E-state index contributed by atoms with van der Waals surface area (Å²) in [7, 11) is -4.02. The first-order valence-electron chi connectivity index (χ1n) is 7.01. The summed E-state index contributed by atoms with van der Waals surface area (Å²) in [5.74, 6) is 0. The number of hydrogen-bond acceptors (Lipinski definition) is 4. The second-order valence-corrected chi connectivity index (χ2v) is 7.52. The lowest BCUT2D eigenvalue weighted by atomic mass is 10.1. The Bertz CT molecular complexity index is 764. The minimum Gasteiger partial charge on any atom is -0.317 e. The van der Waals surface area contributed by atoms with Gasteiger partial charge in [0.2, 0.25) is 0 Å². The van der Waals surface area contributed by atoms with Gasteiger partial charge in [0, 0.05) is 16.1 Å². The standard InChI is InChI=1S/C9H11Cl2NO.C7H8O3S/c1-6(12-13)4-7-2-3-8(10)5-9(7)11;1-6-2-4-7(5-3-6)11(8,9)10/h2-3,5-6,12-13H,4H2,1H3;2-5H,1H3,(H,8,9,10)/t6-;/m0./s1. The molecule has 8 heteroatoms. The number of halogens is 2. The number of hydroxylamine groups is 1. The van der Waals surface area contributed by atoms with Gasteiger partial charge < -0.3 is 5.21 Å². The van der Waals surface area contributed by atoms with Gasteiger partial charge in [0.15, 0.2) is 0 Å². The van der Waals surface area contributed by atoms with Gasteiger partial charge in [-0.15, -0.1) is 0 Å². The van der Waals surface area contributed by atoms with Crippen LogP contribution in [0.2, 0.25) is 10.0 Å². The Morgan fingerprint density at radius 3 is 2.17 bits per heavy atom. The van der Waals surface area contributed by atoms with E-state index in [1.807, 2.05) is 19.9 Å². The first-order chi connectivity index (χ1) is 11.1. The van der Waals surface area contributed by atoms with Gasteiger partial charge in [-0.05, 0) is 50.1 Å². The van der Waals surface area contributed by atoms with E-state index in [1.54, 1.807) is 24.3 Å². The molecule has 132 valence electrons. The predicted molar refractivity (Wildman–Crippen MR) is 95.5 cm³/mol. The van der Waals surface area contributed by atoms with Crippen LogP contribution in [0.15, 0.2) is 47.4 Å². The lowest BCUT2D eigenvalue weighted by Crippen LogP contribution is -2.24. The largest absolute Gasteiger partial charge is 0.317 e. The zero-order valence-electron chi connectivity index (χ0n) is 13.2. The highest BCUT2D eigenvalue weighted by atomic mass is 35.5. The van der Waals surface area contributed by atoms with Crippen LogP contribution in [0.4, 0.5) is 0 Å². The van der Waals surface area contributed by atoms with Crippen LogP contribution >= 0.6 is 23.2 Å². The van der Waals surface area contributed by atoms with Crippen molar-refractivity contribution in [1.29, 1.82) is 0 Å². The van der Waals surface area contributed by atoms with Crippen molar-refractivity contribution in [3.05, 3.63) is 63.6 Å². The summed E-state index contributed by atoms with van der Waals surface area (Å²) in [6, 6.07) is 11.3. The lowest BCUT2D eigenvalue weighted by molar-refractivity contribution is 0.133. The molecule has 0 unspecified atom stereocenters. The van der Waals surface area contributed by atoms with Gasteiger partial charge in [0.1, 0.15) is 0 Å². The fraction of sp³-hybridized carbons (Fsp3) is 0.250. The van der Waals surface area contributed by atoms with Crippen LogP contribution in [0, 0.1) is 6.92 Å². The van der Waals surface area contributed by atoms with Gasteiger partial charge in [-0.2, -0.15) is 8.42 Å². The molecule has 5 nitrogen and oxygen atoms in total. The number of hydrogen-bond donors (Lipinski definition) is 3. The summed E-state index contributed by atoms with van der Waals surface area (Å²) in [5, 5.41) is 9.88. The Balaban J connectivity index is 0.000000243. The monoisotopic (exact) mass is 391 g/mol. The van der Waals surface area contributed by atoms with Gasteiger partial charge in [-0.25, -0.2) is 5.48 Å². The van der Waals surface area contributed by atoms with Crippen molar-refractivity contribution in [2.75, 3.05) is 0 Å². The fourth-order valence-electron chi connectivity index (χ4n) is 1.77. The van der Waals surface area contributed by atoms with Gasteiger partial charge in [0.25, 0.3) is 10.1 Å². The molecule has 0 saturated carbocycles. The van der Waals surface area contributed by atoms with Crippen molar-refractivity contribution >= 4 is 33.3 Å². The van der Waals surface area contributed by atoms with Crippen molar-refractivity contribution in [2.45, 2.75) is 31.2 Å². The van der Waals surface area contributed by atoms with Crippen molar-refractivity contribution in [3.63, 3.8) is 0 Å². The molecule has 0 aromatic heterocycles. The third-order valence-electron chi connectivity index (χ3n) is 3.08. The van der Waals surface area contributed by atoms with Crippen molar-refractivity contribution < 1.29 is 18.2 Å². The first-order valence-corrected chi connectivity index (χ1v) is 9.20. The third-order valence-corrected chi connectivity index (χ3v) is 4.54. The van der Waals surface area contributed by atoms with Crippen LogP contribution in [-0.4, -0.2) is 24.2 Å². The number of rotatable bonds is 4. The Kier molecular flexibility index (Phi) is 8.15. The molecule has 2 rings (SSSR count). The van der Waals surface area contributed by atoms with E-state index in [0.717, 1.165) is 11.1 Å². The molecule has 0 bridgehead atoms. The van der Waals surface area contributed by atoms with Crippen LogP contribution in [0.1, 0.15) is 18.1 Å². The molecule has 1 atom stereocenters. The van der Waals surface area contributed by atoms with E-state index in [1.165, 1.54) is 12.1 Å². The van der Waals surface area contributed by atoms with Crippen molar-refractivity contribution in [2.24, 2.45) is 0 Å². The zero-order valence-corrected chi connectivity index (χ0v) is 15.5. The molecule has 2 aromatic carbocycles. The van der Waals surface area contributed by atoms with E-state index in [-0.39, 0.29) is 10.9 Å². The number of benzene rings is 2. The van der Waals surface area contributed by atoms with E-state index in [4.69, 9.17) is 33.0 Å². The summed E-state index contributed by atoms with van der Waals surface area (Å²) in [6.07, 6.45) is 0.673. The smallest absolute Gasteiger partial charge is 0.294 e. The minimum absolute atomic E-state index is 0.0151. The molecule has 0 aliphatic heterocycles. The van der Waals surface area contributed by atoms with Gasteiger partial charge >= 0.3 is 0 Å². The molecule has 24 heavy (non-hydrogen) atoms. The van der Waals surface area contributed by atoms with Gasteiger partial charge in [-0.1, -0.05) is 47.0 Å². The Morgan fingerprint density at radius 2 is 1.71 bits per heavy atom. The maximum atomic E-state index is 10.5. The molecule has 0 aliphatic carbocycles. The second kappa shape index (κ2) is 9.36. The van der Waals surface area contributed by atoms with E-state index in [0.29, 0.717) is 16.5 Å².